The van der Waals surface area contributed by atoms with Crippen molar-refractivity contribution in [2.24, 2.45) is 5.41 Å². The fourth-order valence-electron chi connectivity index (χ4n) is 1.34. The lowest BCUT2D eigenvalue weighted by Gasteiger charge is -2.31. The molecule has 5 heteroatoms. The average Bonchev–Trinajstić information content (AvgIpc) is 2.45. The molecule has 0 bridgehead atoms. The van der Waals surface area contributed by atoms with Gasteiger partial charge in [-0.15, -0.1) is 11.3 Å². The van der Waals surface area contributed by atoms with Gasteiger partial charge in [0.25, 0.3) is 0 Å². The Kier molecular flexibility index (Phi) is 4.52. The Labute approximate surface area is 106 Å². The second-order valence-electron chi connectivity index (χ2n) is 4.94. The predicted molar refractivity (Wildman–Crippen MR) is 72.0 cm³/mol. The molecule has 0 radical (unpaired) electrons. The number of hydrogen-bond donors (Lipinski definition) is 0. The Morgan fingerprint density at radius 3 is 2.40 bits per heavy atom. The molecule has 15 heavy (non-hydrogen) atoms. The van der Waals surface area contributed by atoms with Crippen LogP contribution < -0.4 is 0 Å². The zero-order valence-electron chi connectivity index (χ0n) is 9.87. The van der Waals surface area contributed by atoms with Gasteiger partial charge in [-0.25, -0.2) is 4.98 Å². The van der Waals surface area contributed by atoms with Crippen molar-refractivity contribution >= 4 is 36.3 Å². The molecule has 1 heterocycles. The summed E-state index contributed by atoms with van der Waals surface area (Å²) >= 11 is 5.15. The van der Waals surface area contributed by atoms with Crippen LogP contribution in [-0.4, -0.2) is 14.0 Å². The summed E-state index contributed by atoms with van der Waals surface area (Å²) < 4.78 is 7.05. The second kappa shape index (κ2) is 5.08. The van der Waals surface area contributed by atoms with E-state index in [4.69, 9.17) is 4.43 Å². The van der Waals surface area contributed by atoms with Crippen LogP contribution in [-0.2, 0) is 4.43 Å². The van der Waals surface area contributed by atoms with E-state index in [9.17, 15) is 0 Å². The molecule has 1 aromatic heterocycles. The van der Waals surface area contributed by atoms with Crippen molar-refractivity contribution < 1.29 is 4.43 Å². The molecule has 1 rings (SSSR count). The molecule has 2 nitrogen and oxygen atoms in total. The second-order valence-corrected chi connectivity index (χ2v) is 8.95. The molecule has 1 unspecified atom stereocenters. The number of aromatic nitrogens is 1. The SMILES string of the molecule is C[SiH](C)OC(c1scnc1Br)C(C)(C)C. The first-order chi connectivity index (χ1) is 6.82. The van der Waals surface area contributed by atoms with E-state index in [0.717, 1.165) is 4.60 Å². The molecular formula is C10H18BrNOSSi. The van der Waals surface area contributed by atoms with E-state index in [2.05, 4.69) is 54.8 Å². The van der Waals surface area contributed by atoms with Crippen molar-refractivity contribution in [2.45, 2.75) is 40.0 Å². The molecule has 0 aliphatic carbocycles. The highest BCUT2D eigenvalue weighted by molar-refractivity contribution is 9.10. The zero-order chi connectivity index (χ0) is 11.6. The van der Waals surface area contributed by atoms with Crippen LogP contribution in [0.5, 0.6) is 0 Å². The third-order valence-electron chi connectivity index (χ3n) is 1.98. The van der Waals surface area contributed by atoms with E-state index >= 15 is 0 Å². The summed E-state index contributed by atoms with van der Waals surface area (Å²) in [6.45, 7) is 11.0. The number of nitrogens with zero attached hydrogens (tertiary/aromatic N) is 1. The van der Waals surface area contributed by atoms with E-state index in [1.165, 1.54) is 4.88 Å². The number of halogens is 1. The Balaban J connectivity index is 2.97. The highest BCUT2D eigenvalue weighted by atomic mass is 79.9. The summed E-state index contributed by atoms with van der Waals surface area (Å²) in [5.41, 5.74) is 1.98. The maximum Gasteiger partial charge on any atom is 0.171 e. The Morgan fingerprint density at radius 2 is 2.07 bits per heavy atom. The normalized spacial score (nSPS) is 14.6. The standard InChI is InChI=1S/C10H18BrNOSSi/c1-10(2,3)8(13-15(4)5)7-9(11)12-6-14-7/h6,8,15H,1-5H3. The first-order valence-electron chi connectivity index (χ1n) is 5.06. The van der Waals surface area contributed by atoms with Crippen LogP contribution in [0, 0.1) is 5.41 Å². The highest BCUT2D eigenvalue weighted by Gasteiger charge is 2.30. The molecule has 0 aliphatic heterocycles. The van der Waals surface area contributed by atoms with Gasteiger partial charge in [-0.3, -0.25) is 0 Å². The largest absolute Gasteiger partial charge is 0.412 e. The topological polar surface area (TPSA) is 22.1 Å². The molecular weight excluding hydrogens is 290 g/mol. The molecule has 0 spiro atoms. The van der Waals surface area contributed by atoms with E-state index in [1.54, 1.807) is 11.3 Å². The summed E-state index contributed by atoms with van der Waals surface area (Å²) in [5, 5.41) is 0. The Hall–Kier alpha value is 0.287. The minimum Gasteiger partial charge on any atom is -0.412 e. The van der Waals surface area contributed by atoms with Crippen LogP contribution in [0.25, 0.3) is 0 Å². The van der Waals surface area contributed by atoms with E-state index in [1.807, 2.05) is 5.51 Å². The lowest BCUT2D eigenvalue weighted by Crippen LogP contribution is -2.25. The lowest BCUT2D eigenvalue weighted by molar-refractivity contribution is 0.0890. The van der Waals surface area contributed by atoms with Crippen molar-refractivity contribution in [3.63, 3.8) is 0 Å². The molecule has 1 aromatic rings. The number of hydrogen-bond acceptors (Lipinski definition) is 3. The van der Waals surface area contributed by atoms with Gasteiger partial charge >= 0.3 is 0 Å². The van der Waals surface area contributed by atoms with Gasteiger partial charge < -0.3 is 4.43 Å². The Morgan fingerprint density at radius 1 is 1.47 bits per heavy atom. The van der Waals surface area contributed by atoms with Gasteiger partial charge in [0.2, 0.25) is 0 Å². The van der Waals surface area contributed by atoms with Crippen LogP contribution in [0.3, 0.4) is 0 Å². The molecule has 0 amide bonds. The fourth-order valence-corrected chi connectivity index (χ4v) is 4.21. The molecule has 0 fully saturated rings. The van der Waals surface area contributed by atoms with Gasteiger partial charge in [0.15, 0.2) is 9.04 Å². The van der Waals surface area contributed by atoms with Crippen LogP contribution in [0.4, 0.5) is 0 Å². The third-order valence-corrected chi connectivity index (χ3v) is 4.57. The smallest absolute Gasteiger partial charge is 0.171 e. The van der Waals surface area contributed by atoms with Crippen molar-refractivity contribution in [1.82, 2.24) is 4.98 Å². The first kappa shape index (κ1) is 13.4. The quantitative estimate of drug-likeness (QED) is 0.788. The molecule has 0 aromatic carbocycles. The summed E-state index contributed by atoms with van der Waals surface area (Å²) in [6, 6.07) is 0. The van der Waals surface area contributed by atoms with Crippen molar-refractivity contribution in [3.8, 4) is 0 Å². The van der Waals surface area contributed by atoms with Gasteiger partial charge in [0, 0.05) is 0 Å². The minimum atomic E-state index is -1.04. The summed E-state index contributed by atoms with van der Waals surface area (Å²) in [5.74, 6) is 0. The monoisotopic (exact) mass is 307 g/mol. The van der Waals surface area contributed by atoms with E-state index < -0.39 is 9.04 Å². The fraction of sp³-hybridized carbons (Fsp3) is 0.700. The van der Waals surface area contributed by atoms with Crippen LogP contribution in [0.1, 0.15) is 31.8 Å². The van der Waals surface area contributed by atoms with Gasteiger partial charge in [0.05, 0.1) is 16.5 Å². The van der Waals surface area contributed by atoms with Crippen molar-refractivity contribution in [3.05, 3.63) is 15.0 Å². The van der Waals surface area contributed by atoms with Crippen LogP contribution in [0.15, 0.2) is 10.1 Å². The molecule has 0 aliphatic rings. The summed E-state index contributed by atoms with van der Waals surface area (Å²) in [4.78, 5) is 5.44. The van der Waals surface area contributed by atoms with Gasteiger partial charge in [-0.2, -0.15) is 0 Å². The molecule has 0 saturated heterocycles. The van der Waals surface area contributed by atoms with Gasteiger partial charge in [-0.1, -0.05) is 20.8 Å². The summed E-state index contributed by atoms with van der Waals surface area (Å²) in [7, 11) is -1.04. The highest BCUT2D eigenvalue weighted by Crippen LogP contribution is 2.41. The minimum absolute atomic E-state index is 0.117. The number of rotatable bonds is 3. The average molecular weight is 308 g/mol. The van der Waals surface area contributed by atoms with Gasteiger partial charge in [0.1, 0.15) is 4.60 Å². The molecule has 86 valence electrons. The van der Waals surface area contributed by atoms with Crippen molar-refractivity contribution in [1.29, 1.82) is 0 Å². The van der Waals surface area contributed by atoms with Crippen molar-refractivity contribution in [2.75, 3.05) is 0 Å². The predicted octanol–water partition coefficient (Wildman–Crippen LogP) is 3.99. The van der Waals surface area contributed by atoms with Crippen LogP contribution in [0.2, 0.25) is 13.1 Å². The first-order valence-corrected chi connectivity index (χ1v) is 9.52. The van der Waals surface area contributed by atoms with Gasteiger partial charge in [-0.05, 0) is 34.4 Å². The molecule has 1 atom stereocenters. The lowest BCUT2D eigenvalue weighted by atomic mass is 9.88. The van der Waals surface area contributed by atoms with Crippen LogP contribution >= 0.6 is 27.3 Å². The Bertz CT molecular complexity index is 321. The maximum atomic E-state index is 6.12. The molecule has 0 saturated carbocycles. The van der Waals surface area contributed by atoms with E-state index in [0.29, 0.717) is 0 Å². The molecule has 0 N–H and O–H groups in total. The maximum absolute atomic E-state index is 6.12. The number of thiazole rings is 1. The summed E-state index contributed by atoms with van der Waals surface area (Å²) in [6.07, 6.45) is 0.158. The van der Waals surface area contributed by atoms with E-state index in [-0.39, 0.29) is 11.5 Å². The third kappa shape index (κ3) is 3.66. The zero-order valence-corrected chi connectivity index (χ0v) is 13.4.